The Morgan fingerprint density at radius 3 is 2.45 bits per heavy atom. The largest absolute Gasteiger partial charge is 0.494 e. The molecule has 0 atom stereocenters. The van der Waals surface area contributed by atoms with Gasteiger partial charge in [0.1, 0.15) is 0 Å². The molecule has 0 amide bonds. The molecule has 4 heteroatoms. The molecule has 1 nitrogen and oxygen atoms in total. The van der Waals surface area contributed by atoms with Crippen molar-refractivity contribution in [3.63, 3.8) is 0 Å². The normalized spacial score (nSPS) is 9.82. The molecule has 0 heterocycles. The van der Waals surface area contributed by atoms with Crippen molar-refractivity contribution in [3.05, 3.63) is 26.1 Å². The summed E-state index contributed by atoms with van der Waals surface area (Å²) in [5, 5.41) is 0.591. The highest BCUT2D eigenvalue weighted by Gasteiger charge is 2.05. The van der Waals surface area contributed by atoms with Crippen LogP contribution in [0.15, 0.2) is 21.1 Å². The van der Waals surface area contributed by atoms with Crippen LogP contribution in [0, 0.1) is 0 Å². The lowest BCUT2D eigenvalue weighted by molar-refractivity contribution is 0.412. The summed E-state index contributed by atoms with van der Waals surface area (Å²) >= 11 is 12.5. The van der Waals surface area contributed by atoms with Gasteiger partial charge in [-0.05, 0) is 28.1 Å². The van der Waals surface area contributed by atoms with Crippen molar-refractivity contribution in [3.8, 4) is 5.75 Å². The topological polar surface area (TPSA) is 9.23 Å². The molecular weight excluding hydrogens is 295 g/mol. The van der Waals surface area contributed by atoms with Crippen LogP contribution in [-0.2, 0) is 0 Å². The number of benzene rings is 1. The number of rotatable bonds is 1. The molecule has 0 unspecified atom stereocenters. The first-order valence-electron chi connectivity index (χ1n) is 2.83. The van der Waals surface area contributed by atoms with Gasteiger partial charge in [-0.2, -0.15) is 0 Å². The van der Waals surface area contributed by atoms with Crippen molar-refractivity contribution in [2.24, 2.45) is 0 Å². The van der Waals surface area contributed by atoms with Crippen LogP contribution in [0.4, 0.5) is 0 Å². The quantitative estimate of drug-likeness (QED) is 0.765. The van der Waals surface area contributed by atoms with E-state index < -0.39 is 0 Å². The van der Waals surface area contributed by atoms with E-state index in [4.69, 9.17) is 16.3 Å². The zero-order chi connectivity index (χ0) is 8.43. The summed E-state index contributed by atoms with van der Waals surface area (Å²) in [7, 11) is 1.58. The lowest BCUT2D eigenvalue weighted by Gasteiger charge is -2.05. The Hall–Kier alpha value is 0.270. The molecule has 0 fully saturated rings. The molecule has 0 bridgehead atoms. The third-order valence-electron chi connectivity index (χ3n) is 1.17. The highest BCUT2D eigenvalue weighted by Crippen LogP contribution is 2.35. The van der Waals surface area contributed by atoms with E-state index in [1.54, 1.807) is 13.2 Å². The molecule has 11 heavy (non-hydrogen) atoms. The van der Waals surface area contributed by atoms with Crippen molar-refractivity contribution in [2.45, 2.75) is 0 Å². The molecule has 0 N–H and O–H groups in total. The number of halogens is 3. The first-order chi connectivity index (χ1) is 5.15. The van der Waals surface area contributed by atoms with Gasteiger partial charge in [0.05, 0.1) is 16.6 Å². The highest BCUT2D eigenvalue weighted by molar-refractivity contribution is 9.11. The fraction of sp³-hybridized carbons (Fsp3) is 0.143. The zero-order valence-electron chi connectivity index (χ0n) is 5.70. The van der Waals surface area contributed by atoms with Gasteiger partial charge >= 0.3 is 0 Å². The minimum atomic E-state index is 0.591. The van der Waals surface area contributed by atoms with Gasteiger partial charge in [0.15, 0.2) is 5.75 Å². The molecule has 1 rings (SSSR count). The van der Waals surface area contributed by atoms with E-state index in [0.717, 1.165) is 8.95 Å². The van der Waals surface area contributed by atoms with Crippen LogP contribution in [0.5, 0.6) is 5.75 Å². The lowest BCUT2D eigenvalue weighted by Crippen LogP contribution is -1.85. The van der Waals surface area contributed by atoms with Crippen LogP contribution in [0.25, 0.3) is 0 Å². The van der Waals surface area contributed by atoms with Crippen LogP contribution in [-0.4, -0.2) is 7.11 Å². The molecule has 0 saturated carbocycles. The van der Waals surface area contributed by atoms with E-state index in [0.29, 0.717) is 10.8 Å². The molecular formula is C7H5Br2ClO. The average molecular weight is 300 g/mol. The first-order valence-corrected chi connectivity index (χ1v) is 4.80. The molecule has 60 valence electrons. The molecule has 0 saturated heterocycles. The fourth-order valence-corrected chi connectivity index (χ4v) is 2.65. The third-order valence-corrected chi connectivity index (χ3v) is 2.49. The summed E-state index contributed by atoms with van der Waals surface area (Å²) in [6.45, 7) is 0. The predicted molar refractivity (Wildman–Crippen MR) is 53.4 cm³/mol. The van der Waals surface area contributed by atoms with Crippen molar-refractivity contribution < 1.29 is 4.74 Å². The van der Waals surface area contributed by atoms with Crippen molar-refractivity contribution in [2.75, 3.05) is 7.11 Å². The van der Waals surface area contributed by atoms with E-state index in [9.17, 15) is 0 Å². The maximum Gasteiger partial charge on any atom is 0.151 e. The van der Waals surface area contributed by atoms with Crippen LogP contribution < -0.4 is 4.74 Å². The Bertz CT molecular complexity index is 252. The summed E-state index contributed by atoms with van der Waals surface area (Å²) in [6.07, 6.45) is 0. The predicted octanol–water partition coefficient (Wildman–Crippen LogP) is 3.87. The molecule has 0 spiro atoms. The van der Waals surface area contributed by atoms with Crippen LogP contribution in [0.3, 0.4) is 0 Å². The monoisotopic (exact) mass is 298 g/mol. The minimum absolute atomic E-state index is 0.591. The van der Waals surface area contributed by atoms with Gasteiger partial charge in [-0.3, -0.25) is 0 Å². The smallest absolute Gasteiger partial charge is 0.151 e. The molecule has 0 radical (unpaired) electrons. The maximum absolute atomic E-state index is 5.85. The molecule has 0 aliphatic carbocycles. The molecule has 0 aliphatic rings. The van der Waals surface area contributed by atoms with Crippen LogP contribution in [0.2, 0.25) is 5.02 Å². The van der Waals surface area contributed by atoms with Gasteiger partial charge in [-0.25, -0.2) is 0 Å². The summed E-state index contributed by atoms with van der Waals surface area (Å²) in [5.74, 6) is 0.662. The van der Waals surface area contributed by atoms with E-state index in [1.807, 2.05) is 6.07 Å². The van der Waals surface area contributed by atoms with Gasteiger partial charge < -0.3 is 4.74 Å². The van der Waals surface area contributed by atoms with Gasteiger partial charge in [0.2, 0.25) is 0 Å². The van der Waals surface area contributed by atoms with Crippen LogP contribution in [0.1, 0.15) is 0 Å². The van der Waals surface area contributed by atoms with E-state index in [2.05, 4.69) is 31.9 Å². The summed E-state index contributed by atoms with van der Waals surface area (Å²) in [4.78, 5) is 0. The number of hydrogen-bond donors (Lipinski definition) is 0. The Morgan fingerprint density at radius 2 is 2.00 bits per heavy atom. The van der Waals surface area contributed by atoms with Gasteiger partial charge in [-0.15, -0.1) is 0 Å². The maximum atomic E-state index is 5.85. The highest BCUT2D eigenvalue weighted by atomic mass is 79.9. The van der Waals surface area contributed by atoms with E-state index in [1.165, 1.54) is 0 Å². The Labute approximate surface area is 86.9 Å². The number of ether oxygens (including phenoxy) is 1. The Balaban J connectivity index is 3.25. The zero-order valence-corrected chi connectivity index (χ0v) is 9.62. The van der Waals surface area contributed by atoms with E-state index in [-0.39, 0.29) is 0 Å². The molecule has 0 aliphatic heterocycles. The minimum Gasteiger partial charge on any atom is -0.494 e. The summed E-state index contributed by atoms with van der Waals surface area (Å²) in [6, 6.07) is 3.66. The lowest BCUT2D eigenvalue weighted by atomic mass is 10.3. The van der Waals surface area contributed by atoms with Crippen molar-refractivity contribution in [1.29, 1.82) is 0 Å². The third kappa shape index (κ3) is 2.10. The second kappa shape index (κ2) is 3.78. The Kier molecular flexibility index (Phi) is 3.22. The molecule has 0 aromatic heterocycles. The molecule has 1 aromatic rings. The summed E-state index contributed by atoms with van der Waals surface area (Å²) < 4.78 is 6.80. The SMILES string of the molecule is COc1c(Cl)cc(Br)cc1Br. The standard InChI is InChI=1S/C7H5Br2ClO/c1-11-7-5(9)2-4(8)3-6(7)10/h2-3H,1H3. The summed E-state index contributed by atoms with van der Waals surface area (Å²) in [5.41, 5.74) is 0. The molecule has 1 aromatic carbocycles. The van der Waals surface area contributed by atoms with Crippen molar-refractivity contribution >= 4 is 43.5 Å². The Morgan fingerprint density at radius 1 is 1.36 bits per heavy atom. The second-order valence-electron chi connectivity index (χ2n) is 1.90. The van der Waals surface area contributed by atoms with Gasteiger partial charge in [0.25, 0.3) is 0 Å². The van der Waals surface area contributed by atoms with E-state index >= 15 is 0 Å². The fourth-order valence-electron chi connectivity index (χ4n) is 0.724. The van der Waals surface area contributed by atoms with Crippen molar-refractivity contribution in [1.82, 2.24) is 0 Å². The van der Waals surface area contributed by atoms with Gasteiger partial charge in [-0.1, -0.05) is 27.5 Å². The van der Waals surface area contributed by atoms with Crippen LogP contribution >= 0.6 is 43.5 Å². The second-order valence-corrected chi connectivity index (χ2v) is 4.08. The first kappa shape index (κ1) is 9.36. The number of methoxy groups -OCH3 is 1. The number of hydrogen-bond acceptors (Lipinski definition) is 1. The van der Waals surface area contributed by atoms with Gasteiger partial charge in [0, 0.05) is 4.47 Å². The average Bonchev–Trinajstić information content (AvgIpc) is 1.85.